The lowest BCUT2D eigenvalue weighted by Gasteiger charge is -2.41. The summed E-state index contributed by atoms with van der Waals surface area (Å²) in [7, 11) is 0. The Kier molecular flexibility index (Phi) is 4.43. The second-order valence-corrected chi connectivity index (χ2v) is 5.48. The molecule has 0 unspecified atom stereocenters. The molecular weight excluding hydrogens is 240 g/mol. The smallest absolute Gasteiger partial charge is 0.318 e. The van der Waals surface area contributed by atoms with Crippen LogP contribution in [0.3, 0.4) is 0 Å². The van der Waals surface area contributed by atoms with Gasteiger partial charge in [-0.2, -0.15) is 0 Å². The maximum absolute atomic E-state index is 12.2. The molecular formula is C15H22N2O2. The molecule has 0 atom stereocenters. The Morgan fingerprint density at radius 3 is 2.79 bits per heavy atom. The van der Waals surface area contributed by atoms with Crippen molar-refractivity contribution < 1.29 is 9.53 Å². The van der Waals surface area contributed by atoms with Crippen molar-refractivity contribution in [1.82, 2.24) is 10.2 Å². The maximum atomic E-state index is 12.2. The minimum atomic E-state index is -0.227. The SMILES string of the molecule is CC1(C)COCCN1C(=O)NCCc1ccccc1. The molecule has 1 aliphatic heterocycles. The molecule has 1 N–H and O–H groups in total. The summed E-state index contributed by atoms with van der Waals surface area (Å²) in [6.07, 6.45) is 0.858. The third-order valence-electron chi connectivity index (χ3n) is 3.42. The number of morpholine rings is 1. The van der Waals surface area contributed by atoms with Crippen molar-refractivity contribution in [2.45, 2.75) is 25.8 Å². The number of nitrogens with one attached hydrogen (secondary N) is 1. The van der Waals surface area contributed by atoms with Crippen LogP contribution in [0.15, 0.2) is 30.3 Å². The number of urea groups is 1. The summed E-state index contributed by atoms with van der Waals surface area (Å²) in [4.78, 5) is 14.0. The van der Waals surface area contributed by atoms with Crippen LogP contribution < -0.4 is 5.32 Å². The Hall–Kier alpha value is -1.55. The van der Waals surface area contributed by atoms with Gasteiger partial charge in [-0.15, -0.1) is 0 Å². The van der Waals surface area contributed by atoms with Crippen LogP contribution in [0.1, 0.15) is 19.4 Å². The molecule has 2 amide bonds. The fourth-order valence-corrected chi connectivity index (χ4v) is 2.29. The van der Waals surface area contributed by atoms with Gasteiger partial charge in [0.2, 0.25) is 0 Å². The van der Waals surface area contributed by atoms with Gasteiger partial charge >= 0.3 is 6.03 Å². The van der Waals surface area contributed by atoms with Gasteiger partial charge in [-0.3, -0.25) is 0 Å². The highest BCUT2D eigenvalue weighted by Gasteiger charge is 2.33. The van der Waals surface area contributed by atoms with Gasteiger partial charge in [-0.05, 0) is 25.8 Å². The molecule has 4 nitrogen and oxygen atoms in total. The second-order valence-electron chi connectivity index (χ2n) is 5.48. The number of nitrogens with zero attached hydrogens (tertiary/aromatic N) is 1. The van der Waals surface area contributed by atoms with Gasteiger partial charge in [0.05, 0.1) is 18.8 Å². The number of ether oxygens (including phenoxy) is 1. The van der Waals surface area contributed by atoms with Crippen molar-refractivity contribution in [2.75, 3.05) is 26.3 Å². The molecule has 2 rings (SSSR count). The van der Waals surface area contributed by atoms with Crippen LogP contribution in [-0.2, 0) is 11.2 Å². The van der Waals surface area contributed by atoms with Crippen molar-refractivity contribution in [3.63, 3.8) is 0 Å². The average molecular weight is 262 g/mol. The van der Waals surface area contributed by atoms with E-state index in [1.807, 2.05) is 36.9 Å². The first-order valence-electron chi connectivity index (χ1n) is 6.77. The molecule has 104 valence electrons. The van der Waals surface area contributed by atoms with Crippen LogP contribution in [0.2, 0.25) is 0 Å². The molecule has 19 heavy (non-hydrogen) atoms. The molecule has 1 saturated heterocycles. The highest BCUT2D eigenvalue weighted by atomic mass is 16.5. The quantitative estimate of drug-likeness (QED) is 0.906. The number of carbonyl (C=O) groups excluding carboxylic acids is 1. The van der Waals surface area contributed by atoms with E-state index in [9.17, 15) is 4.79 Å². The van der Waals surface area contributed by atoms with Gasteiger partial charge in [0.25, 0.3) is 0 Å². The van der Waals surface area contributed by atoms with Crippen molar-refractivity contribution in [1.29, 1.82) is 0 Å². The van der Waals surface area contributed by atoms with Gasteiger partial charge in [-0.1, -0.05) is 30.3 Å². The largest absolute Gasteiger partial charge is 0.377 e. The van der Waals surface area contributed by atoms with Crippen LogP contribution in [-0.4, -0.2) is 42.8 Å². The molecule has 1 fully saturated rings. The third kappa shape index (κ3) is 3.70. The predicted octanol–water partition coefficient (Wildman–Crippen LogP) is 2.05. The van der Waals surface area contributed by atoms with Crippen LogP contribution in [0.5, 0.6) is 0 Å². The monoisotopic (exact) mass is 262 g/mol. The zero-order chi connectivity index (χ0) is 13.7. The number of amides is 2. The Balaban J connectivity index is 1.81. The van der Waals surface area contributed by atoms with E-state index >= 15 is 0 Å². The minimum Gasteiger partial charge on any atom is -0.377 e. The lowest BCUT2D eigenvalue weighted by atomic mass is 10.0. The van der Waals surface area contributed by atoms with E-state index in [1.54, 1.807) is 0 Å². The molecule has 1 heterocycles. The molecule has 1 aliphatic rings. The van der Waals surface area contributed by atoms with Gasteiger partial charge < -0.3 is 15.0 Å². The van der Waals surface area contributed by atoms with Crippen LogP contribution >= 0.6 is 0 Å². The first kappa shape index (κ1) is 13.9. The second kappa shape index (κ2) is 6.06. The fourth-order valence-electron chi connectivity index (χ4n) is 2.29. The van der Waals surface area contributed by atoms with Crippen LogP contribution in [0.4, 0.5) is 4.79 Å². The average Bonchev–Trinajstić information content (AvgIpc) is 2.39. The number of rotatable bonds is 3. The molecule has 0 aromatic heterocycles. The summed E-state index contributed by atoms with van der Waals surface area (Å²) in [6, 6.07) is 10.2. The highest BCUT2D eigenvalue weighted by Crippen LogP contribution is 2.18. The Labute approximate surface area is 114 Å². The van der Waals surface area contributed by atoms with E-state index in [2.05, 4.69) is 17.4 Å². The molecule has 1 aromatic carbocycles. The van der Waals surface area contributed by atoms with Crippen LogP contribution in [0.25, 0.3) is 0 Å². The van der Waals surface area contributed by atoms with Crippen molar-refractivity contribution in [3.05, 3.63) is 35.9 Å². The van der Waals surface area contributed by atoms with E-state index in [0.717, 1.165) is 6.42 Å². The van der Waals surface area contributed by atoms with E-state index < -0.39 is 0 Å². The maximum Gasteiger partial charge on any atom is 0.318 e. The lowest BCUT2D eigenvalue weighted by molar-refractivity contribution is -0.0277. The minimum absolute atomic E-state index is 0.00392. The molecule has 0 bridgehead atoms. The Morgan fingerprint density at radius 1 is 1.37 bits per heavy atom. The Bertz CT molecular complexity index is 417. The first-order valence-corrected chi connectivity index (χ1v) is 6.77. The Morgan fingerprint density at radius 2 is 2.11 bits per heavy atom. The summed E-state index contributed by atoms with van der Waals surface area (Å²) in [6.45, 7) is 6.60. The summed E-state index contributed by atoms with van der Waals surface area (Å²) < 4.78 is 5.42. The molecule has 0 radical (unpaired) electrons. The van der Waals surface area contributed by atoms with Crippen LogP contribution in [0, 0.1) is 0 Å². The van der Waals surface area contributed by atoms with Crippen molar-refractivity contribution in [2.24, 2.45) is 0 Å². The van der Waals surface area contributed by atoms with Gasteiger partial charge in [0.15, 0.2) is 0 Å². The van der Waals surface area contributed by atoms with Gasteiger partial charge in [0.1, 0.15) is 0 Å². The van der Waals surface area contributed by atoms with Crippen molar-refractivity contribution in [3.8, 4) is 0 Å². The molecule has 0 aliphatic carbocycles. The summed E-state index contributed by atoms with van der Waals surface area (Å²) in [5, 5.41) is 2.99. The molecule has 0 spiro atoms. The third-order valence-corrected chi connectivity index (χ3v) is 3.42. The van der Waals surface area contributed by atoms with Gasteiger partial charge in [0, 0.05) is 13.1 Å². The summed E-state index contributed by atoms with van der Waals surface area (Å²) in [5.41, 5.74) is 1.01. The number of hydrogen-bond acceptors (Lipinski definition) is 2. The topological polar surface area (TPSA) is 41.6 Å². The van der Waals surface area contributed by atoms with E-state index in [-0.39, 0.29) is 11.6 Å². The van der Waals surface area contributed by atoms with E-state index in [4.69, 9.17) is 4.74 Å². The van der Waals surface area contributed by atoms with Gasteiger partial charge in [-0.25, -0.2) is 4.79 Å². The molecule has 0 saturated carbocycles. The number of hydrogen-bond donors (Lipinski definition) is 1. The summed E-state index contributed by atoms with van der Waals surface area (Å²) in [5.74, 6) is 0. The number of benzene rings is 1. The fraction of sp³-hybridized carbons (Fsp3) is 0.533. The number of carbonyl (C=O) groups is 1. The predicted molar refractivity (Wildman–Crippen MR) is 75.1 cm³/mol. The van der Waals surface area contributed by atoms with Crippen molar-refractivity contribution >= 4 is 6.03 Å². The van der Waals surface area contributed by atoms with E-state index in [0.29, 0.717) is 26.3 Å². The normalized spacial score (nSPS) is 18.1. The molecule has 1 aromatic rings. The lowest BCUT2D eigenvalue weighted by Crippen LogP contribution is -2.58. The highest BCUT2D eigenvalue weighted by molar-refractivity contribution is 5.75. The standard InChI is InChI=1S/C15H22N2O2/c1-15(2)12-19-11-10-17(15)14(18)16-9-8-13-6-4-3-5-7-13/h3-7H,8-12H2,1-2H3,(H,16,18). The zero-order valence-electron chi connectivity index (χ0n) is 11.7. The zero-order valence-corrected chi connectivity index (χ0v) is 11.7. The summed E-state index contributed by atoms with van der Waals surface area (Å²) >= 11 is 0. The van der Waals surface area contributed by atoms with E-state index in [1.165, 1.54) is 5.56 Å². The first-order chi connectivity index (χ1) is 9.09. The molecule has 4 heteroatoms.